The minimum Gasteiger partial charge on any atom is -0.309 e. The summed E-state index contributed by atoms with van der Waals surface area (Å²) in [6.07, 6.45) is 0. The molecule has 65 heavy (non-hydrogen) atoms. The normalized spacial score (nSPS) is 12.9. The molecule has 0 bridgehead atoms. The predicted molar refractivity (Wildman–Crippen MR) is 268 cm³/mol. The summed E-state index contributed by atoms with van der Waals surface area (Å²) >= 11 is 0. The third-order valence-electron chi connectivity index (χ3n) is 13.6. The van der Waals surface area contributed by atoms with E-state index < -0.39 is 0 Å². The van der Waals surface area contributed by atoms with Gasteiger partial charge in [0.05, 0.1) is 27.8 Å². The average Bonchev–Trinajstić information content (AvgIpc) is 3.96. The molecule has 1 aliphatic rings. The van der Waals surface area contributed by atoms with Gasteiger partial charge in [-0.05, 0) is 81.9 Å². The molecule has 0 radical (unpaired) electrons. The molecule has 0 amide bonds. The maximum Gasteiger partial charge on any atom is 0.166 e. The van der Waals surface area contributed by atoms with E-state index in [4.69, 9.17) is 15.0 Å². The fourth-order valence-corrected chi connectivity index (χ4v) is 10.5. The number of fused-ring (bicyclic) bond motifs is 9. The second-order valence-corrected chi connectivity index (χ2v) is 17.6. The smallest absolute Gasteiger partial charge is 0.166 e. The van der Waals surface area contributed by atoms with Gasteiger partial charge < -0.3 is 9.13 Å². The number of hydrogen-bond acceptors (Lipinski definition) is 3. The summed E-state index contributed by atoms with van der Waals surface area (Å²) in [5, 5.41) is 4.81. The molecule has 1 aliphatic carbocycles. The second-order valence-electron chi connectivity index (χ2n) is 17.6. The van der Waals surface area contributed by atoms with E-state index in [-0.39, 0.29) is 5.41 Å². The Kier molecular flexibility index (Phi) is 8.18. The summed E-state index contributed by atoms with van der Waals surface area (Å²) in [7, 11) is 0. The molecule has 0 unspecified atom stereocenters. The maximum absolute atomic E-state index is 5.37. The van der Waals surface area contributed by atoms with Gasteiger partial charge in [-0.3, -0.25) is 0 Å². The van der Waals surface area contributed by atoms with Crippen LogP contribution in [0.25, 0.3) is 111 Å². The van der Waals surface area contributed by atoms with Crippen molar-refractivity contribution in [1.82, 2.24) is 24.1 Å². The number of hydrogen-bond donors (Lipinski definition) is 0. The van der Waals surface area contributed by atoms with Gasteiger partial charge in [0.2, 0.25) is 0 Å². The highest BCUT2D eigenvalue weighted by Gasteiger charge is 2.35. The summed E-state index contributed by atoms with van der Waals surface area (Å²) in [5.74, 6) is 1.89. The molecule has 0 saturated heterocycles. The van der Waals surface area contributed by atoms with Crippen LogP contribution in [0.15, 0.2) is 212 Å². The molecule has 5 nitrogen and oxygen atoms in total. The molecule has 0 aliphatic heterocycles. The number of benzene rings is 9. The van der Waals surface area contributed by atoms with Gasteiger partial charge in [-0.25, -0.2) is 15.0 Å². The Hall–Kier alpha value is -8.41. The van der Waals surface area contributed by atoms with Crippen molar-refractivity contribution in [3.63, 3.8) is 0 Å². The zero-order chi connectivity index (χ0) is 43.2. The molecule has 0 saturated carbocycles. The Labute approximate surface area is 376 Å². The van der Waals surface area contributed by atoms with E-state index in [2.05, 4.69) is 217 Å². The Bertz CT molecular complexity index is 3860. The predicted octanol–water partition coefficient (Wildman–Crippen LogP) is 15.0. The van der Waals surface area contributed by atoms with Crippen LogP contribution in [0.3, 0.4) is 0 Å². The minimum absolute atomic E-state index is 0.161. The molecule has 3 aromatic heterocycles. The number of aromatic nitrogens is 5. The third-order valence-corrected chi connectivity index (χ3v) is 13.6. The van der Waals surface area contributed by atoms with Gasteiger partial charge >= 0.3 is 0 Å². The number of nitrogens with zero attached hydrogens (tertiary/aromatic N) is 5. The van der Waals surface area contributed by atoms with Crippen molar-refractivity contribution in [2.24, 2.45) is 0 Å². The van der Waals surface area contributed by atoms with Crippen molar-refractivity contribution in [3.8, 4) is 67.8 Å². The Morgan fingerprint density at radius 2 is 0.846 bits per heavy atom. The van der Waals surface area contributed by atoms with Gasteiger partial charge in [0.1, 0.15) is 0 Å². The summed E-state index contributed by atoms with van der Waals surface area (Å²) in [4.78, 5) is 15.9. The van der Waals surface area contributed by atoms with E-state index in [0.29, 0.717) is 17.5 Å². The third kappa shape index (κ3) is 5.75. The first-order valence-corrected chi connectivity index (χ1v) is 22.3. The van der Waals surface area contributed by atoms with Gasteiger partial charge in [-0.15, -0.1) is 0 Å². The molecule has 0 N–H and O–H groups in total. The molecule has 0 fully saturated rings. The summed E-state index contributed by atoms with van der Waals surface area (Å²) in [6, 6.07) is 76.1. The molecule has 0 spiro atoms. The van der Waals surface area contributed by atoms with Crippen molar-refractivity contribution < 1.29 is 0 Å². The zero-order valence-electron chi connectivity index (χ0n) is 35.9. The first kappa shape index (κ1) is 37.2. The molecule has 306 valence electrons. The fraction of sp³-hybridized carbons (Fsp3) is 0.0500. The van der Waals surface area contributed by atoms with Crippen LogP contribution in [-0.2, 0) is 5.41 Å². The molecule has 9 aromatic carbocycles. The zero-order valence-corrected chi connectivity index (χ0v) is 35.9. The average molecular weight is 832 g/mol. The number of rotatable bonds is 6. The minimum atomic E-state index is -0.161. The van der Waals surface area contributed by atoms with Crippen LogP contribution >= 0.6 is 0 Å². The molecule has 13 rings (SSSR count). The fourth-order valence-electron chi connectivity index (χ4n) is 10.5. The largest absolute Gasteiger partial charge is 0.309 e. The summed E-state index contributed by atoms with van der Waals surface area (Å²) < 4.78 is 4.82. The maximum atomic E-state index is 5.37. The van der Waals surface area contributed by atoms with Crippen LogP contribution in [0.2, 0.25) is 0 Å². The Morgan fingerprint density at radius 3 is 1.60 bits per heavy atom. The molecule has 3 heterocycles. The Morgan fingerprint density at radius 1 is 0.323 bits per heavy atom. The van der Waals surface area contributed by atoms with Crippen LogP contribution in [-0.4, -0.2) is 24.1 Å². The van der Waals surface area contributed by atoms with E-state index in [1.807, 2.05) is 18.2 Å². The first-order valence-electron chi connectivity index (χ1n) is 22.3. The lowest BCUT2D eigenvalue weighted by atomic mass is 9.82. The van der Waals surface area contributed by atoms with Crippen molar-refractivity contribution in [2.45, 2.75) is 19.3 Å². The van der Waals surface area contributed by atoms with Gasteiger partial charge in [0.25, 0.3) is 0 Å². The molecule has 0 atom stereocenters. The van der Waals surface area contributed by atoms with Crippen LogP contribution in [0.1, 0.15) is 25.0 Å². The first-order chi connectivity index (χ1) is 32.0. The topological polar surface area (TPSA) is 48.5 Å². The monoisotopic (exact) mass is 831 g/mol. The van der Waals surface area contributed by atoms with Crippen LogP contribution in [0.5, 0.6) is 0 Å². The SMILES string of the molecule is CC1(C)c2ccccc2-c2ccc(-c3nc(-c4ccccc4)nc(-c4ccccc4-n4c5ccccc5c5ccc(-n6c7ccccc7c7ccc(-c8ccccc8)cc76)cc54)n3)cc21. The highest BCUT2D eigenvalue weighted by Crippen LogP contribution is 2.49. The summed E-state index contributed by atoms with van der Waals surface area (Å²) in [5.41, 5.74) is 16.8. The number of para-hydroxylation sites is 3. The van der Waals surface area contributed by atoms with E-state index in [9.17, 15) is 0 Å². The van der Waals surface area contributed by atoms with Gasteiger partial charge in [-0.2, -0.15) is 0 Å². The van der Waals surface area contributed by atoms with Crippen LogP contribution in [0.4, 0.5) is 0 Å². The van der Waals surface area contributed by atoms with E-state index >= 15 is 0 Å². The molecule has 5 heteroatoms. The van der Waals surface area contributed by atoms with Crippen LogP contribution < -0.4 is 0 Å². The highest BCUT2D eigenvalue weighted by molar-refractivity contribution is 6.12. The van der Waals surface area contributed by atoms with Crippen molar-refractivity contribution in [1.29, 1.82) is 0 Å². The lowest BCUT2D eigenvalue weighted by Gasteiger charge is -2.21. The van der Waals surface area contributed by atoms with E-state index in [0.717, 1.165) is 39.1 Å². The lowest BCUT2D eigenvalue weighted by molar-refractivity contribution is 0.660. The second kappa shape index (κ2) is 14.3. The van der Waals surface area contributed by atoms with Crippen molar-refractivity contribution >= 4 is 43.6 Å². The Balaban J connectivity index is 1.03. The van der Waals surface area contributed by atoms with Gasteiger partial charge in [-0.1, -0.05) is 178 Å². The van der Waals surface area contributed by atoms with Crippen LogP contribution in [0, 0.1) is 0 Å². The highest BCUT2D eigenvalue weighted by atomic mass is 15.1. The summed E-state index contributed by atoms with van der Waals surface area (Å²) in [6.45, 7) is 4.62. The standard InChI is InChI=1S/C60H41N5/c1-60(2)50-25-13-9-21-43(50)44-32-30-41(35-51(44)60)58-61-57(39-19-7-4-8-20-39)62-59(63-58)49-24-12-16-28-54(49)65-53-27-15-11-23-46(53)48-34-31-42(37-56(48)65)64-52-26-14-10-22-45(52)47-33-29-40(36-55(47)64)38-17-5-3-6-18-38/h3-37H,1-2H3. The van der Waals surface area contributed by atoms with Crippen molar-refractivity contribution in [2.75, 3.05) is 0 Å². The quantitative estimate of drug-likeness (QED) is 0.168. The molecule has 12 aromatic rings. The lowest BCUT2D eigenvalue weighted by Crippen LogP contribution is -2.15. The van der Waals surface area contributed by atoms with Gasteiger partial charge in [0.15, 0.2) is 17.5 Å². The molecular weight excluding hydrogens is 791 g/mol. The molecular formula is C60H41N5. The van der Waals surface area contributed by atoms with E-state index in [1.165, 1.54) is 66.0 Å². The van der Waals surface area contributed by atoms with Crippen molar-refractivity contribution in [3.05, 3.63) is 223 Å². The van der Waals surface area contributed by atoms with E-state index in [1.54, 1.807) is 0 Å². The van der Waals surface area contributed by atoms with Gasteiger partial charge in [0, 0.05) is 49.3 Å².